The Kier molecular flexibility index (Phi) is 15.3. The molecule has 1 fully saturated rings. The van der Waals surface area contributed by atoms with E-state index in [-0.39, 0.29) is 0 Å². The van der Waals surface area contributed by atoms with Gasteiger partial charge in [0.25, 0.3) is 0 Å². The number of carbonyl (C=O) groups is 2. The SMILES string of the molecule is CCCCCC1CCCCC1.COc1ccc(C[C@H](N)C(=O)O)cc1.O=C(O)O. The summed E-state index contributed by atoms with van der Waals surface area (Å²) in [5, 5.41) is 22.5. The number of aliphatic carboxylic acids is 1. The van der Waals surface area contributed by atoms with Crippen LogP contribution in [0.25, 0.3) is 0 Å². The lowest BCUT2D eigenvalue weighted by atomic mass is 9.86. The van der Waals surface area contributed by atoms with Gasteiger partial charge in [-0.2, -0.15) is 0 Å². The second-order valence-electron chi connectivity index (χ2n) is 7.28. The number of benzene rings is 1. The van der Waals surface area contributed by atoms with Gasteiger partial charge in [0.2, 0.25) is 0 Å². The predicted molar refractivity (Wildman–Crippen MR) is 114 cm³/mol. The molecule has 1 aliphatic rings. The first-order valence-electron chi connectivity index (χ1n) is 10.3. The molecule has 0 unspecified atom stereocenters. The van der Waals surface area contributed by atoms with Crippen LogP contribution in [-0.2, 0) is 11.2 Å². The summed E-state index contributed by atoms with van der Waals surface area (Å²) in [5.41, 5.74) is 6.28. The minimum atomic E-state index is -1.83. The van der Waals surface area contributed by atoms with Crippen molar-refractivity contribution >= 4 is 12.1 Å². The average Bonchev–Trinajstić information content (AvgIpc) is 2.69. The lowest BCUT2D eigenvalue weighted by Crippen LogP contribution is -2.32. The molecule has 29 heavy (non-hydrogen) atoms. The minimum Gasteiger partial charge on any atom is -0.497 e. The van der Waals surface area contributed by atoms with Gasteiger partial charge in [0.15, 0.2) is 0 Å². The van der Waals surface area contributed by atoms with E-state index in [1.807, 2.05) is 12.1 Å². The summed E-state index contributed by atoms with van der Waals surface area (Å²) in [6, 6.07) is 6.33. The number of carboxylic acids is 1. The molecule has 1 aromatic rings. The average molecular weight is 412 g/mol. The zero-order chi connectivity index (χ0) is 22.1. The highest BCUT2D eigenvalue weighted by atomic mass is 16.6. The van der Waals surface area contributed by atoms with Gasteiger partial charge in [0, 0.05) is 0 Å². The van der Waals surface area contributed by atoms with Crippen LogP contribution in [0.3, 0.4) is 0 Å². The molecule has 0 spiro atoms. The van der Waals surface area contributed by atoms with Gasteiger partial charge < -0.3 is 25.8 Å². The molecular formula is C22H37NO6. The molecule has 1 atom stereocenters. The van der Waals surface area contributed by atoms with Gasteiger partial charge in [-0.1, -0.05) is 76.8 Å². The zero-order valence-electron chi connectivity index (χ0n) is 17.7. The number of rotatable bonds is 8. The fourth-order valence-corrected chi connectivity index (χ4v) is 3.26. The summed E-state index contributed by atoms with van der Waals surface area (Å²) in [5.74, 6) is 0.869. The van der Waals surface area contributed by atoms with Crippen LogP contribution in [0, 0.1) is 5.92 Å². The predicted octanol–water partition coefficient (Wildman–Crippen LogP) is 5.02. The maximum Gasteiger partial charge on any atom is 0.503 e. The van der Waals surface area contributed by atoms with E-state index >= 15 is 0 Å². The van der Waals surface area contributed by atoms with Gasteiger partial charge in [0.1, 0.15) is 11.8 Å². The van der Waals surface area contributed by atoms with Crippen LogP contribution >= 0.6 is 0 Å². The summed E-state index contributed by atoms with van der Waals surface area (Å²) in [6.45, 7) is 2.29. The minimum absolute atomic E-state index is 0.333. The third-order valence-electron chi connectivity index (χ3n) is 4.87. The molecular weight excluding hydrogens is 374 g/mol. The fraction of sp³-hybridized carbons (Fsp3) is 0.636. The second-order valence-corrected chi connectivity index (χ2v) is 7.28. The van der Waals surface area contributed by atoms with Gasteiger partial charge in [-0.05, 0) is 30.0 Å². The largest absolute Gasteiger partial charge is 0.503 e. The molecule has 0 heterocycles. The Morgan fingerprint density at radius 1 is 1.07 bits per heavy atom. The van der Waals surface area contributed by atoms with E-state index in [0.29, 0.717) is 6.42 Å². The number of nitrogens with two attached hydrogens (primary N) is 1. The highest BCUT2D eigenvalue weighted by Gasteiger charge is 2.12. The van der Waals surface area contributed by atoms with E-state index < -0.39 is 18.2 Å². The van der Waals surface area contributed by atoms with Gasteiger partial charge >= 0.3 is 12.1 Å². The summed E-state index contributed by atoms with van der Waals surface area (Å²) < 4.78 is 4.97. The quantitative estimate of drug-likeness (QED) is 0.442. The van der Waals surface area contributed by atoms with Crippen LogP contribution < -0.4 is 10.5 Å². The van der Waals surface area contributed by atoms with Crippen LogP contribution in [0.4, 0.5) is 4.79 Å². The normalized spacial score (nSPS) is 14.4. The van der Waals surface area contributed by atoms with Crippen LogP contribution in [0.2, 0.25) is 0 Å². The second kappa shape index (κ2) is 16.7. The van der Waals surface area contributed by atoms with Crippen LogP contribution in [0.5, 0.6) is 5.75 Å². The van der Waals surface area contributed by atoms with Crippen LogP contribution in [0.1, 0.15) is 70.3 Å². The summed E-state index contributed by atoms with van der Waals surface area (Å²) >= 11 is 0. The Hall–Kier alpha value is -2.28. The standard InChI is InChI=1S/C11H22.C10H13NO3.CH2O3/c1-2-3-5-8-11-9-6-4-7-10-11;1-14-8-4-2-7(3-5-8)6-9(11)10(12)13;2-1(3)4/h11H,2-10H2,1H3;2-5,9H,6,11H2,1H3,(H,12,13);(H2,2,3,4)/t;9-;/m.0./s1. The Morgan fingerprint density at radius 3 is 2.07 bits per heavy atom. The molecule has 1 saturated carbocycles. The summed E-state index contributed by atoms with van der Waals surface area (Å²) in [4.78, 5) is 19.0. The summed E-state index contributed by atoms with van der Waals surface area (Å²) in [6.07, 6.45) is 11.9. The van der Waals surface area contributed by atoms with Crippen LogP contribution in [-0.4, -0.2) is 40.6 Å². The topological polar surface area (TPSA) is 130 Å². The number of hydrogen-bond donors (Lipinski definition) is 4. The number of methoxy groups -OCH3 is 1. The fourth-order valence-electron chi connectivity index (χ4n) is 3.26. The van der Waals surface area contributed by atoms with Crippen LogP contribution in [0.15, 0.2) is 24.3 Å². The highest BCUT2D eigenvalue weighted by molar-refractivity contribution is 5.73. The van der Waals surface area contributed by atoms with Gasteiger partial charge in [0.05, 0.1) is 7.11 Å². The van der Waals surface area contributed by atoms with Crippen molar-refractivity contribution in [3.05, 3.63) is 29.8 Å². The van der Waals surface area contributed by atoms with E-state index in [2.05, 4.69) is 6.92 Å². The first kappa shape index (κ1) is 26.7. The molecule has 0 aromatic heterocycles. The molecule has 1 aliphatic carbocycles. The van der Waals surface area contributed by atoms with Crippen molar-refractivity contribution in [2.75, 3.05) is 7.11 Å². The molecule has 0 bridgehead atoms. The zero-order valence-corrected chi connectivity index (χ0v) is 17.7. The Morgan fingerprint density at radius 2 is 1.62 bits per heavy atom. The number of ether oxygens (including phenoxy) is 1. The van der Waals surface area contributed by atoms with Gasteiger partial charge in [-0.3, -0.25) is 4.79 Å². The van der Waals surface area contributed by atoms with E-state index in [9.17, 15) is 4.79 Å². The maximum absolute atomic E-state index is 10.5. The number of hydrogen-bond acceptors (Lipinski definition) is 4. The molecule has 2 rings (SSSR count). The van der Waals surface area contributed by atoms with Crippen molar-refractivity contribution < 1.29 is 29.6 Å². The van der Waals surface area contributed by atoms with Crippen molar-refractivity contribution in [1.29, 1.82) is 0 Å². The van der Waals surface area contributed by atoms with E-state index in [1.165, 1.54) is 57.8 Å². The van der Waals surface area contributed by atoms with E-state index in [4.69, 9.17) is 30.6 Å². The lowest BCUT2D eigenvalue weighted by Gasteiger charge is -2.20. The van der Waals surface area contributed by atoms with Crippen molar-refractivity contribution in [2.24, 2.45) is 11.7 Å². The monoisotopic (exact) mass is 411 g/mol. The summed E-state index contributed by atoms with van der Waals surface area (Å²) in [7, 11) is 1.58. The maximum atomic E-state index is 10.5. The van der Waals surface area contributed by atoms with Gasteiger partial charge in [-0.25, -0.2) is 4.79 Å². The lowest BCUT2D eigenvalue weighted by molar-refractivity contribution is -0.138. The van der Waals surface area contributed by atoms with E-state index in [1.54, 1.807) is 19.2 Å². The number of unbranched alkanes of at least 4 members (excludes halogenated alkanes) is 2. The third kappa shape index (κ3) is 15.3. The first-order chi connectivity index (χ1) is 13.8. The third-order valence-corrected chi connectivity index (χ3v) is 4.87. The molecule has 1 aromatic carbocycles. The molecule has 0 amide bonds. The molecule has 7 heteroatoms. The Labute approximate surface area is 173 Å². The molecule has 5 N–H and O–H groups in total. The van der Waals surface area contributed by atoms with Crippen molar-refractivity contribution in [3.63, 3.8) is 0 Å². The molecule has 7 nitrogen and oxygen atoms in total. The Balaban J connectivity index is 0.000000466. The molecule has 166 valence electrons. The molecule has 0 saturated heterocycles. The molecule has 0 radical (unpaired) electrons. The van der Waals surface area contributed by atoms with Crippen molar-refractivity contribution in [2.45, 2.75) is 77.2 Å². The van der Waals surface area contributed by atoms with Gasteiger partial charge in [-0.15, -0.1) is 0 Å². The highest BCUT2D eigenvalue weighted by Crippen LogP contribution is 2.27. The van der Waals surface area contributed by atoms with Crippen molar-refractivity contribution in [1.82, 2.24) is 0 Å². The molecule has 0 aliphatic heterocycles. The number of carboxylic acid groups (broad SMARTS) is 3. The van der Waals surface area contributed by atoms with E-state index in [0.717, 1.165) is 17.2 Å². The van der Waals surface area contributed by atoms with Crippen molar-refractivity contribution in [3.8, 4) is 5.75 Å². The first-order valence-corrected chi connectivity index (χ1v) is 10.3. The smallest absolute Gasteiger partial charge is 0.497 e. The Bertz CT molecular complexity index is 551.